The van der Waals surface area contributed by atoms with Gasteiger partial charge in [0.05, 0.1) is 18.8 Å². The minimum absolute atomic E-state index is 0.0401. The lowest BCUT2D eigenvalue weighted by molar-refractivity contribution is 0.144. The zero-order valence-corrected chi connectivity index (χ0v) is 12.4. The van der Waals surface area contributed by atoms with E-state index in [1.807, 2.05) is 13.0 Å². The second-order valence-corrected chi connectivity index (χ2v) is 5.48. The Bertz CT molecular complexity index is 426. The van der Waals surface area contributed by atoms with Gasteiger partial charge in [0.2, 0.25) is 11.8 Å². The molecule has 1 heterocycles. The third-order valence-corrected chi connectivity index (χ3v) is 3.58. The number of ether oxygens (including phenoxy) is 1. The fourth-order valence-corrected chi connectivity index (χ4v) is 2.51. The molecule has 1 aromatic rings. The van der Waals surface area contributed by atoms with Gasteiger partial charge in [-0.05, 0) is 26.2 Å². The van der Waals surface area contributed by atoms with Gasteiger partial charge in [-0.3, -0.25) is 0 Å². The van der Waals surface area contributed by atoms with Crippen molar-refractivity contribution in [2.75, 3.05) is 11.9 Å². The third kappa shape index (κ3) is 4.34. The molecule has 1 aliphatic carbocycles. The van der Waals surface area contributed by atoms with Crippen molar-refractivity contribution in [3.05, 3.63) is 11.8 Å². The first-order chi connectivity index (χ1) is 9.69. The number of aryl methyl sites for hydroxylation is 1. The summed E-state index contributed by atoms with van der Waals surface area (Å²) in [6.07, 6.45) is 5.87. The highest BCUT2D eigenvalue weighted by Gasteiger charge is 2.22. The molecule has 0 amide bonds. The molecule has 0 radical (unpaired) electrons. The number of aliphatic hydroxyl groups is 1. The summed E-state index contributed by atoms with van der Waals surface area (Å²) in [4.78, 5) is 8.76. The number of anilines is 1. The fraction of sp³-hybridized carbons (Fsp3) is 0.733. The van der Waals surface area contributed by atoms with Crippen LogP contribution in [0.4, 0.5) is 5.95 Å². The molecule has 0 saturated heterocycles. The molecule has 20 heavy (non-hydrogen) atoms. The summed E-state index contributed by atoms with van der Waals surface area (Å²) < 4.78 is 5.56. The molecule has 2 N–H and O–H groups in total. The number of hydrogen-bond acceptors (Lipinski definition) is 5. The number of aliphatic hydroxyl groups excluding tert-OH is 1. The first-order valence-electron chi connectivity index (χ1n) is 7.62. The van der Waals surface area contributed by atoms with Crippen molar-refractivity contribution < 1.29 is 9.84 Å². The van der Waals surface area contributed by atoms with Crippen molar-refractivity contribution in [1.29, 1.82) is 0 Å². The summed E-state index contributed by atoms with van der Waals surface area (Å²) in [6.45, 7) is 4.65. The summed E-state index contributed by atoms with van der Waals surface area (Å²) >= 11 is 0. The molecular weight excluding hydrogens is 254 g/mol. The normalized spacial score (nSPS) is 23.1. The van der Waals surface area contributed by atoms with E-state index in [2.05, 4.69) is 22.2 Å². The Balaban J connectivity index is 2.05. The first-order valence-corrected chi connectivity index (χ1v) is 7.62. The number of nitrogens with zero attached hydrogens (tertiary/aromatic N) is 2. The van der Waals surface area contributed by atoms with Gasteiger partial charge in [-0.25, -0.2) is 4.98 Å². The molecule has 0 bridgehead atoms. The van der Waals surface area contributed by atoms with Crippen molar-refractivity contribution >= 4 is 5.95 Å². The third-order valence-electron chi connectivity index (χ3n) is 3.58. The average molecular weight is 279 g/mol. The van der Waals surface area contributed by atoms with Crippen molar-refractivity contribution in [3.8, 4) is 5.88 Å². The summed E-state index contributed by atoms with van der Waals surface area (Å²) in [5, 5.41) is 13.4. The first kappa shape index (κ1) is 15.0. The van der Waals surface area contributed by atoms with Crippen molar-refractivity contribution in [2.45, 2.75) is 64.5 Å². The van der Waals surface area contributed by atoms with Gasteiger partial charge in [-0.2, -0.15) is 4.98 Å². The maximum absolute atomic E-state index is 10.1. The van der Waals surface area contributed by atoms with Crippen LogP contribution in [-0.2, 0) is 0 Å². The van der Waals surface area contributed by atoms with Crippen LogP contribution in [0.5, 0.6) is 5.88 Å². The van der Waals surface area contributed by atoms with E-state index in [9.17, 15) is 5.11 Å². The van der Waals surface area contributed by atoms with Crippen LogP contribution in [0.25, 0.3) is 0 Å². The Morgan fingerprint density at radius 2 is 2.10 bits per heavy atom. The molecule has 1 aliphatic rings. The van der Waals surface area contributed by atoms with Crippen molar-refractivity contribution in [2.24, 2.45) is 0 Å². The van der Waals surface area contributed by atoms with Crippen LogP contribution in [0.15, 0.2) is 6.07 Å². The van der Waals surface area contributed by atoms with E-state index in [1.165, 1.54) is 6.42 Å². The molecule has 0 aromatic carbocycles. The van der Waals surface area contributed by atoms with Gasteiger partial charge in [0.15, 0.2) is 0 Å². The van der Waals surface area contributed by atoms with E-state index in [1.54, 1.807) is 0 Å². The van der Waals surface area contributed by atoms with Crippen LogP contribution in [0.3, 0.4) is 0 Å². The lowest BCUT2D eigenvalue weighted by Gasteiger charge is -2.22. The molecule has 0 spiro atoms. The molecule has 1 fully saturated rings. The Kier molecular flexibility index (Phi) is 5.59. The minimum atomic E-state index is -0.318. The van der Waals surface area contributed by atoms with E-state index < -0.39 is 0 Å². The summed E-state index contributed by atoms with van der Waals surface area (Å²) in [7, 11) is 0. The van der Waals surface area contributed by atoms with Crippen LogP contribution < -0.4 is 10.1 Å². The number of hydrogen-bond donors (Lipinski definition) is 2. The second-order valence-electron chi connectivity index (χ2n) is 5.48. The van der Waals surface area contributed by atoms with Crippen LogP contribution in [-0.4, -0.2) is 33.8 Å². The summed E-state index contributed by atoms with van der Waals surface area (Å²) in [5.74, 6) is 1.16. The van der Waals surface area contributed by atoms with E-state index in [-0.39, 0.29) is 12.1 Å². The SMILES string of the molecule is CCCOc1cc(C)nc(NC2CCCCCC2O)n1. The van der Waals surface area contributed by atoms with Crippen LogP contribution in [0, 0.1) is 6.92 Å². The average Bonchev–Trinajstić information content (AvgIpc) is 2.61. The topological polar surface area (TPSA) is 67.3 Å². The molecule has 5 heteroatoms. The predicted molar refractivity (Wildman–Crippen MR) is 79.1 cm³/mol. The van der Waals surface area contributed by atoms with Gasteiger partial charge in [-0.15, -0.1) is 0 Å². The monoisotopic (exact) mass is 279 g/mol. The largest absolute Gasteiger partial charge is 0.478 e. The summed E-state index contributed by atoms with van der Waals surface area (Å²) in [6, 6.07) is 1.88. The number of aromatic nitrogens is 2. The van der Waals surface area contributed by atoms with Crippen LogP contribution >= 0.6 is 0 Å². The van der Waals surface area contributed by atoms with Crippen LogP contribution in [0.2, 0.25) is 0 Å². The quantitative estimate of drug-likeness (QED) is 0.811. The molecule has 112 valence electrons. The zero-order chi connectivity index (χ0) is 14.4. The van der Waals surface area contributed by atoms with Gasteiger partial charge in [-0.1, -0.05) is 26.2 Å². The minimum Gasteiger partial charge on any atom is -0.478 e. The van der Waals surface area contributed by atoms with E-state index >= 15 is 0 Å². The Morgan fingerprint density at radius 1 is 1.30 bits per heavy atom. The molecular formula is C15H25N3O2. The van der Waals surface area contributed by atoms with E-state index in [0.29, 0.717) is 18.4 Å². The molecule has 0 aliphatic heterocycles. The molecule has 2 unspecified atom stereocenters. The maximum atomic E-state index is 10.1. The Labute approximate surface area is 120 Å². The van der Waals surface area contributed by atoms with Gasteiger partial charge >= 0.3 is 0 Å². The molecule has 1 saturated carbocycles. The smallest absolute Gasteiger partial charge is 0.226 e. The Morgan fingerprint density at radius 3 is 2.90 bits per heavy atom. The predicted octanol–water partition coefficient (Wildman–Crippen LogP) is 2.68. The molecule has 5 nitrogen and oxygen atoms in total. The fourth-order valence-electron chi connectivity index (χ4n) is 2.51. The number of rotatable bonds is 5. The zero-order valence-electron chi connectivity index (χ0n) is 12.4. The van der Waals surface area contributed by atoms with E-state index in [0.717, 1.165) is 37.8 Å². The highest BCUT2D eigenvalue weighted by atomic mass is 16.5. The highest BCUT2D eigenvalue weighted by Crippen LogP contribution is 2.21. The van der Waals surface area contributed by atoms with Gasteiger partial charge in [0.25, 0.3) is 0 Å². The number of nitrogens with one attached hydrogen (secondary N) is 1. The lowest BCUT2D eigenvalue weighted by atomic mass is 10.1. The molecule has 2 atom stereocenters. The highest BCUT2D eigenvalue weighted by molar-refractivity contribution is 5.32. The standard InChI is InChI=1S/C15H25N3O2/c1-3-9-20-14-10-11(2)16-15(18-14)17-12-7-5-4-6-8-13(12)19/h10,12-13,19H,3-9H2,1-2H3,(H,16,17,18). The van der Waals surface area contributed by atoms with Crippen LogP contribution in [0.1, 0.15) is 51.1 Å². The van der Waals surface area contributed by atoms with Gasteiger partial charge < -0.3 is 15.2 Å². The van der Waals surface area contributed by atoms with Crippen molar-refractivity contribution in [3.63, 3.8) is 0 Å². The maximum Gasteiger partial charge on any atom is 0.226 e. The Hall–Kier alpha value is -1.36. The van der Waals surface area contributed by atoms with Gasteiger partial charge in [0, 0.05) is 11.8 Å². The summed E-state index contributed by atoms with van der Waals surface area (Å²) in [5.41, 5.74) is 0.872. The van der Waals surface area contributed by atoms with Crippen molar-refractivity contribution in [1.82, 2.24) is 9.97 Å². The molecule has 2 rings (SSSR count). The lowest BCUT2D eigenvalue weighted by Crippen LogP contribution is -2.33. The van der Waals surface area contributed by atoms with E-state index in [4.69, 9.17) is 4.74 Å². The molecule has 1 aromatic heterocycles. The van der Waals surface area contributed by atoms with Gasteiger partial charge in [0.1, 0.15) is 0 Å². The second kappa shape index (κ2) is 7.43.